The lowest BCUT2D eigenvalue weighted by molar-refractivity contribution is -0.137. The average molecular weight is 591 g/mol. The molecular formula is C30H29F3N8O2. The molecule has 2 aromatic carbocycles. The van der Waals surface area contributed by atoms with Gasteiger partial charge in [-0.2, -0.15) is 13.2 Å². The average Bonchev–Trinajstić information content (AvgIpc) is 3.75. The molecule has 0 radical (unpaired) electrons. The zero-order valence-corrected chi connectivity index (χ0v) is 23.4. The van der Waals surface area contributed by atoms with Gasteiger partial charge in [0.1, 0.15) is 5.52 Å². The van der Waals surface area contributed by atoms with Crippen LogP contribution >= 0.6 is 0 Å². The molecule has 7 rings (SSSR count). The second-order valence-electron chi connectivity index (χ2n) is 10.8. The normalized spacial score (nSPS) is 15.9. The van der Waals surface area contributed by atoms with Crippen molar-refractivity contribution in [3.05, 3.63) is 70.6 Å². The Morgan fingerprint density at radius 3 is 2.44 bits per heavy atom. The van der Waals surface area contributed by atoms with Crippen molar-refractivity contribution in [3.63, 3.8) is 0 Å². The first-order valence-corrected chi connectivity index (χ1v) is 14.1. The van der Waals surface area contributed by atoms with Crippen molar-refractivity contribution >= 4 is 27.6 Å². The molecule has 2 aliphatic rings. The Balaban J connectivity index is 1.43. The first kappa shape index (κ1) is 27.3. The number of hydrogen-bond donors (Lipinski definition) is 1. The van der Waals surface area contributed by atoms with Gasteiger partial charge in [-0.1, -0.05) is 11.3 Å². The van der Waals surface area contributed by atoms with E-state index in [-0.39, 0.29) is 22.5 Å². The van der Waals surface area contributed by atoms with E-state index in [4.69, 9.17) is 4.74 Å². The molecule has 1 N–H and O–H groups in total. The highest BCUT2D eigenvalue weighted by Crippen LogP contribution is 2.39. The molecule has 0 bridgehead atoms. The number of aromatic nitrogens is 5. The second-order valence-corrected chi connectivity index (χ2v) is 10.8. The Morgan fingerprint density at radius 2 is 1.74 bits per heavy atom. The summed E-state index contributed by atoms with van der Waals surface area (Å²) in [5, 5.41) is 12.3. The van der Waals surface area contributed by atoms with Crippen molar-refractivity contribution in [2.75, 3.05) is 57.8 Å². The lowest BCUT2D eigenvalue weighted by atomic mass is 10.0. The Hall–Kier alpha value is -4.49. The number of anilines is 1. The minimum Gasteiger partial charge on any atom is -0.481 e. The summed E-state index contributed by atoms with van der Waals surface area (Å²) in [4.78, 5) is 22.0. The van der Waals surface area contributed by atoms with E-state index in [0.29, 0.717) is 61.6 Å². The monoisotopic (exact) mass is 590 g/mol. The molecular weight excluding hydrogens is 561 g/mol. The number of ether oxygens (including phenoxy) is 1. The quantitative estimate of drug-likeness (QED) is 0.288. The third-order valence-corrected chi connectivity index (χ3v) is 8.11. The maximum absolute atomic E-state index is 14.4. The van der Waals surface area contributed by atoms with Crippen LogP contribution in [0.25, 0.3) is 38.8 Å². The highest BCUT2D eigenvalue weighted by molar-refractivity contribution is 6.04. The predicted octanol–water partition coefficient (Wildman–Crippen LogP) is 3.55. The van der Waals surface area contributed by atoms with Gasteiger partial charge in [0, 0.05) is 81.3 Å². The van der Waals surface area contributed by atoms with E-state index in [0.717, 1.165) is 30.3 Å². The summed E-state index contributed by atoms with van der Waals surface area (Å²) in [5.41, 5.74) is 1.96. The van der Waals surface area contributed by atoms with Crippen LogP contribution in [0.15, 0.2) is 59.5 Å². The summed E-state index contributed by atoms with van der Waals surface area (Å²) in [6.07, 6.45) is -2.90. The molecule has 222 valence electrons. The van der Waals surface area contributed by atoms with Crippen LogP contribution < -0.4 is 20.5 Å². The molecule has 10 nitrogen and oxygen atoms in total. The molecule has 0 spiro atoms. The molecule has 3 aromatic heterocycles. The standard InChI is InChI=1S/C30H29F3N8O2/c1-43-26-7-3-20(18-35-26)19-2-5-24-22(16-19)28-27(29(42)40(24)15-14-38-12-13-38)36-37-41(28)21-4-6-25(23(17-21)30(31,32)33)39-10-8-34-9-11-39/h2-7,16-18,34H,8-15H2,1H3. The molecule has 0 unspecified atom stereocenters. The second kappa shape index (κ2) is 10.7. The Morgan fingerprint density at radius 1 is 0.953 bits per heavy atom. The van der Waals surface area contributed by atoms with Crippen LogP contribution in [-0.2, 0) is 12.7 Å². The number of fused-ring (bicyclic) bond motifs is 3. The van der Waals surface area contributed by atoms with Gasteiger partial charge in [0.05, 0.1) is 23.9 Å². The van der Waals surface area contributed by atoms with E-state index in [2.05, 4.69) is 25.5 Å². The number of nitrogens with zero attached hydrogens (tertiary/aromatic N) is 7. The fourth-order valence-electron chi connectivity index (χ4n) is 5.72. The molecule has 2 saturated heterocycles. The van der Waals surface area contributed by atoms with Crippen LogP contribution in [-0.4, -0.2) is 82.4 Å². The van der Waals surface area contributed by atoms with E-state index in [1.54, 1.807) is 34.9 Å². The summed E-state index contributed by atoms with van der Waals surface area (Å²) in [7, 11) is 1.54. The third kappa shape index (κ3) is 5.08. The Labute approximate surface area is 244 Å². The van der Waals surface area contributed by atoms with Gasteiger partial charge in [-0.15, -0.1) is 5.10 Å². The van der Waals surface area contributed by atoms with Crippen molar-refractivity contribution in [3.8, 4) is 22.7 Å². The summed E-state index contributed by atoms with van der Waals surface area (Å²) < 4.78 is 51.4. The number of pyridine rings is 2. The first-order chi connectivity index (χ1) is 20.8. The van der Waals surface area contributed by atoms with Crippen molar-refractivity contribution in [1.82, 2.24) is 34.8 Å². The van der Waals surface area contributed by atoms with Crippen LogP contribution in [0, 0.1) is 0 Å². The molecule has 5 aromatic rings. The summed E-state index contributed by atoms with van der Waals surface area (Å²) in [5.74, 6) is 0.475. The lowest BCUT2D eigenvalue weighted by Gasteiger charge is -2.31. The smallest absolute Gasteiger partial charge is 0.418 e. The molecule has 0 atom stereocenters. The van der Waals surface area contributed by atoms with Crippen LogP contribution in [0.2, 0.25) is 0 Å². The SMILES string of the molecule is COc1ccc(-c2ccc3c(c2)c2c(nnn2-c2ccc(N4CCNCC4)c(C(F)(F)F)c2)c(=O)n3CCN2CC2)cn1. The number of nitrogens with one attached hydrogen (secondary N) is 1. The third-order valence-electron chi connectivity index (χ3n) is 8.11. The van der Waals surface area contributed by atoms with Gasteiger partial charge in [-0.05, 0) is 42.0 Å². The number of rotatable bonds is 7. The van der Waals surface area contributed by atoms with Crippen molar-refractivity contribution < 1.29 is 17.9 Å². The fraction of sp³-hybridized carbons (Fsp3) is 0.333. The zero-order chi connectivity index (χ0) is 29.7. The molecule has 0 amide bonds. The highest BCUT2D eigenvalue weighted by Gasteiger charge is 2.36. The van der Waals surface area contributed by atoms with Gasteiger partial charge in [-0.3, -0.25) is 9.69 Å². The van der Waals surface area contributed by atoms with E-state index < -0.39 is 11.7 Å². The Kier molecular flexibility index (Phi) is 6.78. The fourth-order valence-corrected chi connectivity index (χ4v) is 5.72. The molecule has 43 heavy (non-hydrogen) atoms. The number of piperazine rings is 1. The molecule has 13 heteroatoms. The minimum atomic E-state index is -4.59. The molecule has 0 aliphatic carbocycles. The lowest BCUT2D eigenvalue weighted by Crippen LogP contribution is -2.44. The van der Waals surface area contributed by atoms with Gasteiger partial charge in [0.25, 0.3) is 5.56 Å². The predicted molar refractivity (Wildman–Crippen MR) is 157 cm³/mol. The molecule has 2 aliphatic heterocycles. The van der Waals surface area contributed by atoms with Crippen molar-refractivity contribution in [1.29, 1.82) is 0 Å². The molecule has 0 saturated carbocycles. The van der Waals surface area contributed by atoms with Crippen molar-refractivity contribution in [2.24, 2.45) is 0 Å². The minimum absolute atomic E-state index is 0.100. The zero-order valence-electron chi connectivity index (χ0n) is 23.4. The molecule has 5 heterocycles. The van der Waals surface area contributed by atoms with Gasteiger partial charge in [0.15, 0.2) is 5.52 Å². The maximum atomic E-state index is 14.4. The molecule has 2 fully saturated rings. The van der Waals surface area contributed by atoms with E-state index in [1.807, 2.05) is 24.3 Å². The van der Waals surface area contributed by atoms with Crippen LogP contribution in [0.4, 0.5) is 18.9 Å². The van der Waals surface area contributed by atoms with E-state index >= 15 is 0 Å². The van der Waals surface area contributed by atoms with Crippen LogP contribution in [0.5, 0.6) is 5.88 Å². The van der Waals surface area contributed by atoms with E-state index in [9.17, 15) is 18.0 Å². The van der Waals surface area contributed by atoms with Crippen molar-refractivity contribution in [2.45, 2.75) is 12.7 Å². The summed E-state index contributed by atoms with van der Waals surface area (Å²) in [6, 6.07) is 13.5. The number of methoxy groups -OCH3 is 1. The summed E-state index contributed by atoms with van der Waals surface area (Å²) >= 11 is 0. The number of halogens is 3. The van der Waals surface area contributed by atoms with Gasteiger partial charge >= 0.3 is 6.18 Å². The van der Waals surface area contributed by atoms with Gasteiger partial charge in [-0.25, -0.2) is 9.67 Å². The first-order valence-electron chi connectivity index (χ1n) is 14.1. The number of benzene rings is 2. The maximum Gasteiger partial charge on any atom is 0.418 e. The number of hydrogen-bond acceptors (Lipinski definition) is 8. The Bertz CT molecular complexity index is 1870. The van der Waals surface area contributed by atoms with Gasteiger partial charge in [0.2, 0.25) is 5.88 Å². The van der Waals surface area contributed by atoms with Crippen LogP contribution in [0.1, 0.15) is 5.56 Å². The largest absolute Gasteiger partial charge is 0.481 e. The number of alkyl halides is 3. The van der Waals surface area contributed by atoms with Gasteiger partial charge < -0.3 is 19.5 Å². The summed E-state index contributed by atoms with van der Waals surface area (Å²) in [6.45, 7) is 5.30. The highest BCUT2D eigenvalue weighted by atomic mass is 19.4. The van der Waals surface area contributed by atoms with Crippen LogP contribution in [0.3, 0.4) is 0 Å². The van der Waals surface area contributed by atoms with E-state index in [1.165, 1.54) is 10.7 Å². The topological polar surface area (TPSA) is 93.1 Å².